The van der Waals surface area contributed by atoms with Gasteiger partial charge in [0.15, 0.2) is 0 Å². The molecule has 29 heavy (non-hydrogen) atoms. The average Bonchev–Trinajstić information content (AvgIpc) is 3.06. The highest BCUT2D eigenvalue weighted by molar-refractivity contribution is 5.87. The fourth-order valence-corrected chi connectivity index (χ4v) is 3.72. The molecule has 0 unspecified atom stereocenters. The standard InChI is InChI=1S/C20H21F3N4O2/c1-2-29-19(28)16-7-13-3-5-26(11-14(13)10-24-16)15-8-17(21)25-18(9-15)27-6-4-20(22,23)12-27/h7-10H,2-6,11-12H2,1H3. The monoisotopic (exact) mass is 406 g/mol. The van der Waals surface area contributed by atoms with Crippen molar-refractivity contribution < 1.29 is 22.7 Å². The van der Waals surface area contributed by atoms with Gasteiger partial charge in [0.1, 0.15) is 11.5 Å². The second-order valence-corrected chi connectivity index (χ2v) is 7.26. The molecule has 4 heterocycles. The zero-order chi connectivity index (χ0) is 20.6. The molecule has 4 rings (SSSR count). The topological polar surface area (TPSA) is 58.6 Å². The minimum Gasteiger partial charge on any atom is -0.461 e. The van der Waals surface area contributed by atoms with Gasteiger partial charge in [-0.25, -0.2) is 23.5 Å². The molecular weight excluding hydrogens is 385 g/mol. The summed E-state index contributed by atoms with van der Waals surface area (Å²) >= 11 is 0. The first-order valence-electron chi connectivity index (χ1n) is 9.55. The molecule has 0 radical (unpaired) electrons. The number of pyridine rings is 2. The van der Waals surface area contributed by atoms with E-state index in [1.165, 1.54) is 11.0 Å². The third-order valence-electron chi connectivity index (χ3n) is 5.20. The van der Waals surface area contributed by atoms with E-state index >= 15 is 0 Å². The summed E-state index contributed by atoms with van der Waals surface area (Å²) in [5.74, 6) is -3.71. The van der Waals surface area contributed by atoms with Gasteiger partial charge < -0.3 is 14.5 Å². The predicted molar refractivity (Wildman–Crippen MR) is 101 cm³/mol. The summed E-state index contributed by atoms with van der Waals surface area (Å²) in [7, 11) is 0. The lowest BCUT2D eigenvalue weighted by molar-refractivity contribution is 0.0256. The number of carbonyl (C=O) groups excluding carboxylic acids is 1. The van der Waals surface area contributed by atoms with Crippen LogP contribution in [-0.2, 0) is 17.7 Å². The molecule has 1 saturated heterocycles. The molecule has 154 valence electrons. The van der Waals surface area contributed by atoms with Gasteiger partial charge in [-0.3, -0.25) is 0 Å². The Morgan fingerprint density at radius 1 is 1.21 bits per heavy atom. The molecule has 0 N–H and O–H groups in total. The van der Waals surface area contributed by atoms with Gasteiger partial charge in [0, 0.05) is 50.1 Å². The van der Waals surface area contributed by atoms with Crippen LogP contribution in [-0.4, -0.2) is 48.1 Å². The first-order valence-corrected chi connectivity index (χ1v) is 9.55. The Labute approximate surface area is 166 Å². The van der Waals surface area contributed by atoms with Crippen molar-refractivity contribution in [1.29, 1.82) is 0 Å². The molecule has 0 spiro atoms. The first-order chi connectivity index (χ1) is 13.8. The van der Waals surface area contributed by atoms with Crippen LogP contribution in [0.4, 0.5) is 24.7 Å². The Bertz CT molecular complexity index is 938. The third kappa shape index (κ3) is 4.13. The smallest absolute Gasteiger partial charge is 0.356 e. The SMILES string of the molecule is CCOC(=O)c1cc2c(cn1)CN(c1cc(F)nc(N3CCC(F)(F)C3)c1)CC2. The Hall–Kier alpha value is -2.84. The average molecular weight is 406 g/mol. The zero-order valence-electron chi connectivity index (χ0n) is 16.0. The van der Waals surface area contributed by atoms with Crippen molar-refractivity contribution in [2.75, 3.05) is 36.0 Å². The highest BCUT2D eigenvalue weighted by atomic mass is 19.3. The van der Waals surface area contributed by atoms with Gasteiger partial charge >= 0.3 is 5.97 Å². The summed E-state index contributed by atoms with van der Waals surface area (Å²) < 4.78 is 46.2. The van der Waals surface area contributed by atoms with Gasteiger partial charge in [0.05, 0.1) is 13.2 Å². The molecule has 1 fully saturated rings. The number of aromatic nitrogens is 2. The molecule has 0 aliphatic carbocycles. The lowest BCUT2D eigenvalue weighted by atomic mass is 10.0. The predicted octanol–water partition coefficient (Wildman–Crippen LogP) is 3.20. The summed E-state index contributed by atoms with van der Waals surface area (Å²) in [5, 5.41) is 0. The van der Waals surface area contributed by atoms with Crippen molar-refractivity contribution in [2.45, 2.75) is 32.2 Å². The summed E-state index contributed by atoms with van der Waals surface area (Å²) in [5.41, 5.74) is 2.78. The molecule has 0 atom stereocenters. The number of ether oxygens (including phenoxy) is 1. The summed E-state index contributed by atoms with van der Waals surface area (Å²) in [6.45, 7) is 2.78. The van der Waals surface area contributed by atoms with Gasteiger partial charge in [-0.15, -0.1) is 0 Å². The van der Waals surface area contributed by atoms with Crippen LogP contribution in [0, 0.1) is 5.95 Å². The number of hydrogen-bond donors (Lipinski definition) is 0. The van der Waals surface area contributed by atoms with Crippen LogP contribution >= 0.6 is 0 Å². The second kappa shape index (κ2) is 7.53. The molecule has 9 heteroatoms. The quantitative estimate of drug-likeness (QED) is 0.574. The zero-order valence-corrected chi connectivity index (χ0v) is 16.0. The van der Waals surface area contributed by atoms with Crippen molar-refractivity contribution in [1.82, 2.24) is 9.97 Å². The van der Waals surface area contributed by atoms with E-state index < -0.39 is 24.4 Å². The van der Waals surface area contributed by atoms with E-state index in [9.17, 15) is 18.0 Å². The third-order valence-corrected chi connectivity index (χ3v) is 5.20. The number of rotatable bonds is 4. The minimum atomic E-state index is -2.78. The lowest BCUT2D eigenvalue weighted by Gasteiger charge is -2.31. The molecule has 2 aliphatic rings. The van der Waals surface area contributed by atoms with Crippen molar-refractivity contribution in [3.63, 3.8) is 0 Å². The van der Waals surface area contributed by atoms with E-state index in [-0.39, 0.29) is 31.1 Å². The van der Waals surface area contributed by atoms with E-state index in [1.54, 1.807) is 25.3 Å². The normalized spacial score (nSPS) is 17.9. The molecule has 0 bridgehead atoms. The number of halogens is 3. The van der Waals surface area contributed by atoms with Crippen LogP contribution < -0.4 is 9.80 Å². The second-order valence-electron chi connectivity index (χ2n) is 7.26. The van der Waals surface area contributed by atoms with Gasteiger partial charge in [0.25, 0.3) is 5.92 Å². The number of alkyl halides is 2. The summed E-state index contributed by atoms with van der Waals surface area (Å²) in [6.07, 6.45) is 2.02. The van der Waals surface area contributed by atoms with Crippen LogP contribution in [0.3, 0.4) is 0 Å². The molecule has 0 amide bonds. The molecule has 6 nitrogen and oxygen atoms in total. The first kappa shape index (κ1) is 19.5. The Morgan fingerprint density at radius 2 is 2.03 bits per heavy atom. The number of fused-ring (bicyclic) bond motifs is 1. The molecule has 0 saturated carbocycles. The van der Waals surface area contributed by atoms with E-state index in [0.29, 0.717) is 25.2 Å². The summed E-state index contributed by atoms with van der Waals surface area (Å²) in [6, 6.07) is 4.69. The van der Waals surface area contributed by atoms with Gasteiger partial charge in [-0.2, -0.15) is 4.39 Å². The van der Waals surface area contributed by atoms with Gasteiger partial charge in [0.2, 0.25) is 5.95 Å². The maximum atomic E-state index is 14.1. The van der Waals surface area contributed by atoms with Crippen molar-refractivity contribution in [2.24, 2.45) is 0 Å². The van der Waals surface area contributed by atoms with Crippen molar-refractivity contribution in [3.8, 4) is 0 Å². The molecule has 2 aliphatic heterocycles. The van der Waals surface area contributed by atoms with Gasteiger partial charge in [-0.1, -0.05) is 0 Å². The molecular formula is C20H21F3N4O2. The van der Waals surface area contributed by atoms with E-state index in [4.69, 9.17) is 4.74 Å². The highest BCUT2D eigenvalue weighted by Crippen LogP contribution is 2.33. The maximum Gasteiger partial charge on any atom is 0.356 e. The lowest BCUT2D eigenvalue weighted by Crippen LogP contribution is -2.31. The van der Waals surface area contributed by atoms with Crippen LogP contribution in [0.2, 0.25) is 0 Å². The Kier molecular flexibility index (Phi) is 5.06. The van der Waals surface area contributed by atoms with E-state index in [2.05, 4.69) is 9.97 Å². The maximum absolute atomic E-state index is 14.1. The van der Waals surface area contributed by atoms with Crippen molar-refractivity contribution >= 4 is 17.5 Å². The summed E-state index contributed by atoms with van der Waals surface area (Å²) in [4.78, 5) is 23.2. The van der Waals surface area contributed by atoms with Crippen molar-refractivity contribution in [3.05, 3.63) is 47.2 Å². The van der Waals surface area contributed by atoms with Crippen LogP contribution in [0.25, 0.3) is 0 Å². The van der Waals surface area contributed by atoms with Gasteiger partial charge in [-0.05, 0) is 30.5 Å². The molecule has 2 aromatic rings. The number of anilines is 2. The number of esters is 1. The Balaban J connectivity index is 1.54. The van der Waals surface area contributed by atoms with Crippen LogP contribution in [0.15, 0.2) is 24.4 Å². The number of nitrogens with zero attached hydrogens (tertiary/aromatic N) is 4. The fraction of sp³-hybridized carbons (Fsp3) is 0.450. The van der Waals surface area contributed by atoms with E-state index in [1.807, 2.05) is 4.90 Å². The molecule has 2 aromatic heterocycles. The Morgan fingerprint density at radius 3 is 2.76 bits per heavy atom. The minimum absolute atomic E-state index is 0.145. The number of hydrogen-bond acceptors (Lipinski definition) is 6. The fourth-order valence-electron chi connectivity index (χ4n) is 3.72. The number of carbonyl (C=O) groups is 1. The highest BCUT2D eigenvalue weighted by Gasteiger charge is 2.39. The van der Waals surface area contributed by atoms with Crippen LogP contribution in [0.1, 0.15) is 35.0 Å². The largest absolute Gasteiger partial charge is 0.461 e. The van der Waals surface area contributed by atoms with Crippen LogP contribution in [0.5, 0.6) is 0 Å². The van der Waals surface area contributed by atoms with E-state index in [0.717, 1.165) is 11.1 Å². The molecule has 0 aromatic carbocycles.